The molecule has 2 aliphatic rings. The van der Waals surface area contributed by atoms with Crippen LogP contribution in [-0.2, 0) is 0 Å². The number of carbonyl (C=O) groups excluding carboxylic acids is 1. The molecular formula is C10H14N4O2. The van der Waals surface area contributed by atoms with Crippen molar-refractivity contribution in [1.82, 2.24) is 15.1 Å². The molecular weight excluding hydrogens is 208 g/mol. The first-order valence-electron chi connectivity index (χ1n) is 5.41. The third-order valence-corrected chi connectivity index (χ3v) is 3.44. The molecule has 1 aliphatic heterocycles. The van der Waals surface area contributed by atoms with Gasteiger partial charge in [-0.05, 0) is 18.8 Å². The Balaban J connectivity index is 1.68. The zero-order chi connectivity index (χ0) is 11.3. The number of nitrogens with two attached hydrogens (primary N) is 1. The summed E-state index contributed by atoms with van der Waals surface area (Å²) < 4.78 is 0. The number of hydrogen-bond acceptors (Lipinski definition) is 4. The van der Waals surface area contributed by atoms with Crippen molar-refractivity contribution in [3.63, 3.8) is 0 Å². The maximum Gasteiger partial charge on any atom is 0.274 e. The lowest BCUT2D eigenvalue weighted by atomic mass is 9.88. The molecule has 2 fully saturated rings. The van der Waals surface area contributed by atoms with Crippen LogP contribution >= 0.6 is 0 Å². The van der Waals surface area contributed by atoms with Crippen LogP contribution in [0.3, 0.4) is 0 Å². The molecule has 1 aromatic heterocycles. The number of nitrogen functional groups attached to an aromatic ring is 1. The molecule has 0 radical (unpaired) electrons. The lowest BCUT2D eigenvalue weighted by Gasteiger charge is -2.46. The van der Waals surface area contributed by atoms with E-state index in [-0.39, 0.29) is 5.91 Å². The highest BCUT2D eigenvalue weighted by Crippen LogP contribution is 2.44. The fourth-order valence-corrected chi connectivity index (χ4v) is 2.26. The number of β-amino-alcohol motifs (C(OH)–C–C–N with tert-alkyl or cyclic N) is 1. The molecule has 2 heterocycles. The first-order chi connectivity index (χ1) is 7.60. The number of aliphatic hydroxyl groups is 1. The zero-order valence-electron chi connectivity index (χ0n) is 8.81. The Morgan fingerprint density at radius 2 is 2.31 bits per heavy atom. The fourth-order valence-electron chi connectivity index (χ4n) is 2.26. The second-order valence-electron chi connectivity index (χ2n) is 4.74. The average Bonchev–Trinajstić information content (AvgIpc) is 2.97. The molecule has 1 amide bonds. The van der Waals surface area contributed by atoms with Gasteiger partial charge in [0.2, 0.25) is 0 Å². The van der Waals surface area contributed by atoms with Gasteiger partial charge in [0, 0.05) is 0 Å². The van der Waals surface area contributed by atoms with Crippen molar-refractivity contribution in [1.29, 1.82) is 0 Å². The van der Waals surface area contributed by atoms with Crippen LogP contribution in [0, 0.1) is 5.92 Å². The first-order valence-corrected chi connectivity index (χ1v) is 5.41. The molecule has 86 valence electrons. The molecule has 0 spiro atoms. The highest BCUT2D eigenvalue weighted by atomic mass is 16.3. The van der Waals surface area contributed by atoms with Gasteiger partial charge >= 0.3 is 0 Å². The first kappa shape index (κ1) is 9.65. The van der Waals surface area contributed by atoms with Crippen molar-refractivity contribution in [2.24, 2.45) is 5.92 Å². The summed E-state index contributed by atoms with van der Waals surface area (Å²) in [6.45, 7) is 0.823. The number of nitrogens with one attached hydrogen (secondary N) is 1. The number of nitrogens with zero attached hydrogens (tertiary/aromatic N) is 2. The predicted octanol–water partition coefficient (Wildman–Crippen LogP) is -0.411. The molecule has 1 saturated heterocycles. The number of H-pyrrole nitrogens is 1. The van der Waals surface area contributed by atoms with Gasteiger partial charge in [-0.3, -0.25) is 9.89 Å². The molecule has 6 nitrogen and oxygen atoms in total. The Hall–Kier alpha value is -1.56. The normalized spacial score (nSPS) is 22.9. The van der Waals surface area contributed by atoms with E-state index in [9.17, 15) is 9.90 Å². The van der Waals surface area contributed by atoms with Crippen LogP contribution in [0.2, 0.25) is 0 Å². The molecule has 3 rings (SSSR count). The van der Waals surface area contributed by atoms with E-state index in [4.69, 9.17) is 5.73 Å². The van der Waals surface area contributed by atoms with Crippen LogP contribution in [0.15, 0.2) is 6.20 Å². The maximum atomic E-state index is 11.9. The Kier molecular flexibility index (Phi) is 1.79. The van der Waals surface area contributed by atoms with Crippen LogP contribution in [0.1, 0.15) is 23.3 Å². The number of amides is 1. The Morgan fingerprint density at radius 3 is 2.81 bits per heavy atom. The zero-order valence-corrected chi connectivity index (χ0v) is 8.81. The molecule has 0 bridgehead atoms. The topological polar surface area (TPSA) is 95.2 Å². The third kappa shape index (κ3) is 1.30. The lowest BCUT2D eigenvalue weighted by molar-refractivity contribution is -0.0959. The lowest BCUT2D eigenvalue weighted by Crippen LogP contribution is -2.64. The van der Waals surface area contributed by atoms with Gasteiger partial charge in [-0.1, -0.05) is 0 Å². The van der Waals surface area contributed by atoms with Crippen LogP contribution in [0.5, 0.6) is 0 Å². The predicted molar refractivity (Wildman–Crippen MR) is 56.6 cm³/mol. The summed E-state index contributed by atoms with van der Waals surface area (Å²) in [5, 5.41) is 16.4. The molecule has 1 aromatic rings. The highest BCUT2D eigenvalue weighted by molar-refractivity contribution is 5.97. The number of hydrogen-bond donors (Lipinski definition) is 3. The Morgan fingerprint density at radius 1 is 1.62 bits per heavy atom. The molecule has 0 aromatic carbocycles. The monoisotopic (exact) mass is 222 g/mol. The quantitative estimate of drug-likeness (QED) is 0.633. The number of anilines is 1. The minimum atomic E-state index is -0.648. The molecule has 1 saturated carbocycles. The van der Waals surface area contributed by atoms with Crippen molar-refractivity contribution in [3.8, 4) is 0 Å². The van der Waals surface area contributed by atoms with Crippen LogP contribution < -0.4 is 5.73 Å². The smallest absolute Gasteiger partial charge is 0.274 e. The van der Waals surface area contributed by atoms with Crippen molar-refractivity contribution >= 4 is 11.6 Å². The van der Waals surface area contributed by atoms with Crippen molar-refractivity contribution in [2.45, 2.75) is 18.4 Å². The summed E-state index contributed by atoms with van der Waals surface area (Å²) >= 11 is 0. The largest absolute Gasteiger partial charge is 0.396 e. The summed E-state index contributed by atoms with van der Waals surface area (Å²) in [6, 6.07) is 0. The fraction of sp³-hybridized carbons (Fsp3) is 0.600. The van der Waals surface area contributed by atoms with Gasteiger partial charge in [0.15, 0.2) is 0 Å². The third-order valence-electron chi connectivity index (χ3n) is 3.44. The van der Waals surface area contributed by atoms with Gasteiger partial charge in [0.05, 0.1) is 25.0 Å². The van der Waals surface area contributed by atoms with E-state index in [2.05, 4.69) is 10.2 Å². The van der Waals surface area contributed by atoms with Gasteiger partial charge in [-0.2, -0.15) is 5.10 Å². The SMILES string of the molecule is Nc1cn[nH]c1C(=O)N1CC(O)(C2CC2)C1. The van der Waals surface area contributed by atoms with Gasteiger partial charge in [0.1, 0.15) is 11.3 Å². The van der Waals surface area contributed by atoms with Gasteiger partial charge in [0.25, 0.3) is 5.91 Å². The van der Waals surface area contributed by atoms with Gasteiger partial charge in [-0.25, -0.2) is 0 Å². The Bertz CT molecular complexity index is 432. The van der Waals surface area contributed by atoms with Crippen molar-refractivity contribution in [2.75, 3.05) is 18.8 Å². The summed E-state index contributed by atoms with van der Waals surface area (Å²) in [5.74, 6) is 0.205. The molecule has 4 N–H and O–H groups in total. The van der Waals surface area contributed by atoms with Gasteiger partial charge in [-0.15, -0.1) is 0 Å². The summed E-state index contributed by atoms with van der Waals surface area (Å²) in [4.78, 5) is 13.5. The van der Waals surface area contributed by atoms with E-state index >= 15 is 0 Å². The standard InChI is InChI=1S/C10H14N4O2/c11-7-3-12-13-8(7)9(15)14-4-10(16,5-14)6-1-2-6/h3,6,16H,1-2,4-5,11H2,(H,12,13). The molecule has 6 heteroatoms. The highest BCUT2D eigenvalue weighted by Gasteiger charge is 2.53. The van der Waals surface area contributed by atoms with E-state index in [0.717, 1.165) is 12.8 Å². The minimum Gasteiger partial charge on any atom is -0.396 e. The number of likely N-dealkylation sites (tertiary alicyclic amines) is 1. The van der Waals surface area contributed by atoms with Crippen molar-refractivity contribution < 1.29 is 9.90 Å². The van der Waals surface area contributed by atoms with E-state index in [1.165, 1.54) is 6.20 Å². The van der Waals surface area contributed by atoms with E-state index in [0.29, 0.717) is 30.4 Å². The molecule has 16 heavy (non-hydrogen) atoms. The number of aromatic amines is 1. The molecule has 0 unspecified atom stereocenters. The molecule has 1 aliphatic carbocycles. The van der Waals surface area contributed by atoms with Crippen molar-refractivity contribution in [3.05, 3.63) is 11.9 Å². The van der Waals surface area contributed by atoms with Crippen LogP contribution in [-0.4, -0.2) is 44.8 Å². The summed E-state index contributed by atoms with van der Waals surface area (Å²) in [7, 11) is 0. The van der Waals surface area contributed by atoms with E-state index in [1.807, 2.05) is 0 Å². The minimum absolute atomic E-state index is 0.180. The van der Waals surface area contributed by atoms with Gasteiger partial charge < -0.3 is 15.7 Å². The van der Waals surface area contributed by atoms with Crippen LogP contribution in [0.4, 0.5) is 5.69 Å². The second kappa shape index (κ2) is 2.98. The van der Waals surface area contributed by atoms with E-state index in [1.54, 1.807) is 4.90 Å². The summed E-state index contributed by atoms with van der Waals surface area (Å²) in [5.41, 5.74) is 5.62. The second-order valence-corrected chi connectivity index (χ2v) is 4.74. The van der Waals surface area contributed by atoms with Crippen LogP contribution in [0.25, 0.3) is 0 Å². The van der Waals surface area contributed by atoms with E-state index < -0.39 is 5.60 Å². The average molecular weight is 222 g/mol. The number of carbonyl (C=O) groups is 1. The maximum absolute atomic E-state index is 11.9. The number of aromatic nitrogens is 2. The summed E-state index contributed by atoms with van der Waals surface area (Å²) in [6.07, 6.45) is 3.57. The Labute approximate surface area is 92.4 Å². The molecule has 0 atom stereocenters. The number of rotatable bonds is 2.